The summed E-state index contributed by atoms with van der Waals surface area (Å²) < 4.78 is 11.3. The van der Waals surface area contributed by atoms with Crippen LogP contribution in [0, 0.1) is 16.7 Å². The molecule has 2 atom stereocenters. The van der Waals surface area contributed by atoms with Gasteiger partial charge in [0.05, 0.1) is 12.5 Å². The summed E-state index contributed by atoms with van der Waals surface area (Å²) in [5.74, 6) is -0.456. The number of Topliss-reactive ketones (excluding diaryl/α,β-unsaturated/α-hetero) is 1. The number of rotatable bonds is 14. The average molecular weight is 557 g/mol. The molecule has 0 saturated carbocycles. The number of benzene rings is 2. The number of ether oxygens (including phenoxy) is 1. The number of ketones is 1. The number of amides is 2. The lowest BCUT2D eigenvalue weighted by molar-refractivity contribution is -0.783. The molecule has 1 heterocycles. The summed E-state index contributed by atoms with van der Waals surface area (Å²) >= 11 is 0. The Morgan fingerprint density at radius 3 is 2.08 bits per heavy atom. The van der Waals surface area contributed by atoms with Gasteiger partial charge in [-0.3, -0.25) is 9.59 Å². The van der Waals surface area contributed by atoms with Crippen molar-refractivity contribution in [2.75, 3.05) is 0 Å². The topological polar surface area (TPSA) is 138 Å². The van der Waals surface area contributed by atoms with Gasteiger partial charge in [-0.2, -0.15) is 0 Å². The molecule has 2 amide bonds. The smallest absolute Gasteiger partial charge is 0.408 e. The third-order valence-corrected chi connectivity index (χ3v) is 6.16. The maximum Gasteiger partial charge on any atom is 0.408 e. The molecule has 0 bridgehead atoms. The van der Waals surface area contributed by atoms with Crippen molar-refractivity contribution in [3.8, 4) is 0 Å². The normalized spacial score (nSPS) is 12.7. The van der Waals surface area contributed by atoms with E-state index in [4.69, 9.17) is 9.37 Å². The highest BCUT2D eigenvalue weighted by Gasteiger charge is 2.31. The molecule has 11 heteroatoms. The van der Waals surface area contributed by atoms with Crippen LogP contribution in [0.5, 0.6) is 0 Å². The summed E-state index contributed by atoms with van der Waals surface area (Å²) in [6, 6.07) is 16.8. The molecule has 3 aromatic rings. The van der Waals surface area contributed by atoms with Gasteiger partial charge in [-0.1, -0.05) is 93.0 Å². The molecule has 11 nitrogen and oxygen atoms in total. The Bertz CT molecular complexity index is 1310. The molecule has 3 rings (SSSR count). The van der Waals surface area contributed by atoms with E-state index >= 15 is 0 Å². The number of hydrogen-bond acceptors (Lipinski definition) is 7. The fraction of sp³-hybridized carbons (Fsp3) is 0.448. The van der Waals surface area contributed by atoms with Crippen LogP contribution < -0.4 is 15.3 Å². The van der Waals surface area contributed by atoms with Crippen molar-refractivity contribution < 1.29 is 31.3 Å². The summed E-state index contributed by atoms with van der Waals surface area (Å²) in [4.78, 5) is 51.5. The summed E-state index contributed by atoms with van der Waals surface area (Å²) in [6.45, 7) is 7.44. The number of carbonyl (C=O) groups excluding carboxylic acids is 3. The predicted molar refractivity (Wildman–Crippen MR) is 151 cm³/mol. The quantitative estimate of drug-likeness (QED) is 0.307. The Labute approximate surface area is 236 Å². The van der Waals surface area contributed by atoms with Gasteiger partial charge >= 0.3 is 11.9 Å². The van der Waals surface area contributed by atoms with E-state index in [2.05, 4.69) is 15.8 Å². The second kappa shape index (κ2) is 14.8. The van der Waals surface area contributed by atoms with Crippen LogP contribution in [-0.2, 0) is 33.9 Å². The fourth-order valence-electron chi connectivity index (χ4n) is 4.20. The van der Waals surface area contributed by atoms with Crippen molar-refractivity contribution in [2.24, 2.45) is 11.8 Å². The zero-order valence-corrected chi connectivity index (χ0v) is 23.4. The van der Waals surface area contributed by atoms with E-state index in [1.807, 2.05) is 88.4 Å². The van der Waals surface area contributed by atoms with E-state index < -0.39 is 24.1 Å². The molecule has 0 saturated heterocycles. The first-order valence-electron chi connectivity index (χ1n) is 13.4. The van der Waals surface area contributed by atoms with Gasteiger partial charge in [0, 0.05) is 7.76 Å². The van der Waals surface area contributed by atoms with E-state index in [1.165, 1.54) is 0 Å². The lowest BCUT2D eigenvalue weighted by Gasteiger charge is -2.24. The lowest BCUT2D eigenvalue weighted by atomic mass is 9.98. The van der Waals surface area contributed by atoms with Gasteiger partial charge in [0.15, 0.2) is 10.9 Å². The van der Waals surface area contributed by atoms with Crippen molar-refractivity contribution in [3.63, 3.8) is 0 Å². The highest BCUT2D eigenvalue weighted by atomic mass is 16.7. The highest BCUT2D eigenvalue weighted by Crippen LogP contribution is 2.12. The molecule has 0 radical (unpaired) electrons. The van der Waals surface area contributed by atoms with E-state index in [-0.39, 0.29) is 44.2 Å². The minimum atomic E-state index is -0.910. The number of nitrogens with zero attached hydrogens (tertiary/aromatic N) is 3. The van der Waals surface area contributed by atoms with Gasteiger partial charge in [-0.05, 0) is 40.4 Å². The molecule has 0 spiro atoms. The minimum Gasteiger partial charge on any atom is -0.445 e. The van der Waals surface area contributed by atoms with E-state index in [1.54, 1.807) is 0 Å². The van der Waals surface area contributed by atoms with Crippen LogP contribution in [0.15, 0.2) is 65.3 Å². The van der Waals surface area contributed by atoms with Gasteiger partial charge in [0.1, 0.15) is 19.2 Å². The van der Waals surface area contributed by atoms with Crippen LogP contribution in [0.2, 0.25) is 0 Å². The molecule has 1 aromatic heterocycles. The molecule has 0 fully saturated rings. The zero-order chi connectivity index (χ0) is 29.1. The monoisotopic (exact) mass is 556 g/mol. The third kappa shape index (κ3) is 9.48. The Kier molecular flexibility index (Phi) is 11.2. The standard InChI is InChI=1S/C29H37N5O6.2H2/c1-20(2)15-24(26(35)18-33-27(32-40-34(33)38)17-22-11-7-5-8-12-22)30-28(36)25(16-21(3)4)31-29(37)39-19-23-13-9-6-10-14-23;;/h5-14,20-21,24-25H,15-19H2,1-4H3,(H-,30,31,36,37);2*1H/p+1/t24-,25-;;/m0../s1. The van der Waals surface area contributed by atoms with Crippen LogP contribution in [0.3, 0.4) is 0 Å². The Morgan fingerprint density at radius 1 is 0.900 bits per heavy atom. The van der Waals surface area contributed by atoms with E-state index in [9.17, 15) is 19.3 Å². The summed E-state index contributed by atoms with van der Waals surface area (Å²) in [7, 11) is 0. The van der Waals surface area contributed by atoms with Crippen LogP contribution in [-0.4, -0.2) is 39.7 Å². The minimum absolute atomic E-state index is 0. The van der Waals surface area contributed by atoms with Gasteiger partial charge < -0.3 is 15.4 Å². The molecular formula is C29H42N5O6+. The first-order chi connectivity index (χ1) is 19.1. The van der Waals surface area contributed by atoms with Crippen molar-refractivity contribution in [1.82, 2.24) is 20.5 Å². The van der Waals surface area contributed by atoms with Gasteiger partial charge in [0.2, 0.25) is 5.91 Å². The fourth-order valence-corrected chi connectivity index (χ4v) is 4.20. The van der Waals surface area contributed by atoms with Gasteiger partial charge in [-0.15, -0.1) is 0 Å². The predicted octanol–water partition coefficient (Wildman–Crippen LogP) is 3.91. The Balaban J connectivity index is 0.00000441. The van der Waals surface area contributed by atoms with Gasteiger partial charge in [0.25, 0.3) is 4.71 Å². The molecule has 0 aliphatic heterocycles. The van der Waals surface area contributed by atoms with Gasteiger partial charge in [-0.25, -0.2) is 4.79 Å². The van der Waals surface area contributed by atoms with Crippen molar-refractivity contribution in [3.05, 3.63) is 82.5 Å². The molecular weight excluding hydrogens is 514 g/mol. The SMILES string of the molecule is CC(C)C[C@H](NC(=O)[C@H](CC(C)C)NC(=O)OCc1ccccc1)C(=O)Cn1c(Cc2ccccc2)no[n+]1=O.[HH].[HH]. The molecule has 0 unspecified atom stereocenters. The lowest BCUT2D eigenvalue weighted by Crippen LogP contribution is -2.53. The van der Waals surface area contributed by atoms with Crippen LogP contribution >= 0.6 is 0 Å². The molecule has 218 valence electrons. The van der Waals surface area contributed by atoms with E-state index in [0.29, 0.717) is 19.3 Å². The first-order valence-corrected chi connectivity index (χ1v) is 13.4. The molecule has 2 aromatic carbocycles. The third-order valence-electron chi connectivity index (χ3n) is 6.16. The zero-order valence-electron chi connectivity index (χ0n) is 23.4. The molecule has 0 aliphatic rings. The van der Waals surface area contributed by atoms with Crippen LogP contribution in [0.4, 0.5) is 4.79 Å². The number of alkyl carbamates (subject to hydrolysis) is 1. The van der Waals surface area contributed by atoms with Crippen LogP contribution in [0.25, 0.3) is 0 Å². The summed E-state index contributed by atoms with van der Waals surface area (Å²) in [5.41, 5.74) is 1.71. The van der Waals surface area contributed by atoms with E-state index in [0.717, 1.165) is 15.8 Å². The number of aromatic nitrogens is 3. The number of carbonyl (C=O) groups is 3. The maximum absolute atomic E-state index is 13.4. The number of hydrogen-bond donors (Lipinski definition) is 2. The maximum atomic E-state index is 13.4. The Morgan fingerprint density at radius 2 is 1.48 bits per heavy atom. The van der Waals surface area contributed by atoms with Crippen LogP contribution in [0.1, 0.15) is 60.3 Å². The summed E-state index contributed by atoms with van der Waals surface area (Å²) in [5, 5.41) is 9.25. The molecule has 40 heavy (non-hydrogen) atoms. The van der Waals surface area contributed by atoms with Crippen molar-refractivity contribution in [1.29, 1.82) is 0 Å². The Hall–Kier alpha value is -4.28. The molecule has 0 aliphatic carbocycles. The average Bonchev–Trinajstić information content (AvgIpc) is 3.25. The largest absolute Gasteiger partial charge is 0.445 e. The summed E-state index contributed by atoms with van der Waals surface area (Å²) in [6.07, 6.45) is 0.251. The first kappa shape index (κ1) is 30.3. The van der Waals surface area contributed by atoms with Crippen molar-refractivity contribution >= 4 is 17.8 Å². The highest BCUT2D eigenvalue weighted by molar-refractivity contribution is 5.92. The molecule has 2 N–H and O–H groups in total. The second-order valence-electron chi connectivity index (χ2n) is 10.6. The second-order valence-corrected chi connectivity index (χ2v) is 10.6. The van der Waals surface area contributed by atoms with Crippen molar-refractivity contribution in [2.45, 2.75) is 72.2 Å². The number of nitrogens with one attached hydrogen (secondary N) is 2.